The van der Waals surface area contributed by atoms with E-state index < -0.39 is 44.5 Å². The second kappa shape index (κ2) is 6.41. The lowest BCUT2D eigenvalue weighted by molar-refractivity contribution is -0.146. The monoisotopic (exact) mass is 370 g/mol. The molecule has 6 amide bonds. The second-order valence-electron chi connectivity index (χ2n) is 7.55. The van der Waals surface area contributed by atoms with Crippen molar-refractivity contribution in [3.8, 4) is 0 Å². The van der Waals surface area contributed by atoms with Crippen molar-refractivity contribution in [3.05, 3.63) is 0 Å². The van der Waals surface area contributed by atoms with Crippen molar-refractivity contribution in [1.29, 1.82) is 0 Å². The number of urea groups is 2. The molecule has 0 spiro atoms. The van der Waals surface area contributed by atoms with Gasteiger partial charge in [0.1, 0.15) is 6.10 Å². The Morgan fingerprint density at radius 3 is 1.92 bits per heavy atom. The summed E-state index contributed by atoms with van der Waals surface area (Å²) >= 11 is 0. The molecule has 2 rings (SSSR count). The van der Waals surface area contributed by atoms with Gasteiger partial charge in [-0.25, -0.2) is 9.59 Å². The molecule has 2 heterocycles. The molecule has 2 aliphatic rings. The van der Waals surface area contributed by atoms with E-state index in [1.54, 1.807) is 14.1 Å². The Morgan fingerprint density at radius 2 is 1.40 bits per heavy atom. The molecule has 25 heavy (non-hydrogen) atoms. The van der Waals surface area contributed by atoms with Gasteiger partial charge >= 0.3 is 12.1 Å². The Kier molecular flexibility index (Phi) is 4.97. The molecule has 9 nitrogen and oxygen atoms in total. The third kappa shape index (κ3) is 3.40. The average Bonchev–Trinajstić information content (AvgIpc) is 2.52. The summed E-state index contributed by atoms with van der Waals surface area (Å²) in [6, 6.07) is -2.27. The van der Waals surface area contributed by atoms with Crippen LogP contribution in [-0.4, -0.2) is 98.2 Å². The molecule has 3 unspecified atom stereocenters. The summed E-state index contributed by atoms with van der Waals surface area (Å²) in [5, 5.41) is 0. The minimum atomic E-state index is -2.13. The Balaban J connectivity index is 2.45. The van der Waals surface area contributed by atoms with E-state index in [-0.39, 0.29) is 12.3 Å². The summed E-state index contributed by atoms with van der Waals surface area (Å²) in [5.74, 6) is -0.783. The van der Waals surface area contributed by atoms with Gasteiger partial charge in [0.15, 0.2) is 8.32 Å². The molecule has 10 heteroatoms. The number of hydrogen-bond donors (Lipinski definition) is 0. The molecular weight excluding hydrogens is 344 g/mol. The molecule has 0 aromatic carbocycles. The predicted octanol–water partition coefficient (Wildman–Crippen LogP) is 0.381. The Hall–Kier alpha value is -1.94. The van der Waals surface area contributed by atoms with Crippen LogP contribution in [0.5, 0.6) is 0 Å². The third-order valence-corrected chi connectivity index (χ3v) is 5.60. The number of likely N-dealkylation sites (N-methyl/N-ethyl adjacent to an activating group) is 3. The highest BCUT2D eigenvalue weighted by Crippen LogP contribution is 2.29. The fourth-order valence-electron chi connectivity index (χ4n) is 3.25. The number of rotatable bonds is 3. The van der Waals surface area contributed by atoms with Crippen LogP contribution in [0.4, 0.5) is 9.59 Å². The molecule has 2 fully saturated rings. The van der Waals surface area contributed by atoms with E-state index in [0.717, 1.165) is 9.80 Å². The molecule has 0 bridgehead atoms. The summed E-state index contributed by atoms with van der Waals surface area (Å²) in [4.78, 5) is 54.5. The number of hydrogen-bond acceptors (Lipinski definition) is 5. The molecule has 0 radical (unpaired) electrons. The van der Waals surface area contributed by atoms with Gasteiger partial charge in [0.25, 0.3) is 5.91 Å². The van der Waals surface area contributed by atoms with E-state index in [9.17, 15) is 19.2 Å². The zero-order valence-corrected chi connectivity index (χ0v) is 16.8. The number of nitrogens with zero attached hydrogens (tertiary/aromatic N) is 4. The first kappa shape index (κ1) is 19.4. The first-order valence-electron chi connectivity index (χ1n) is 8.12. The van der Waals surface area contributed by atoms with Crippen molar-refractivity contribution < 1.29 is 23.6 Å². The van der Waals surface area contributed by atoms with Crippen molar-refractivity contribution in [2.75, 3.05) is 28.2 Å². The van der Waals surface area contributed by atoms with Crippen LogP contribution in [0.1, 0.15) is 6.42 Å². The topological polar surface area (TPSA) is 90.5 Å². The van der Waals surface area contributed by atoms with E-state index in [4.69, 9.17) is 4.43 Å². The third-order valence-electron chi connectivity index (χ3n) is 4.64. The minimum absolute atomic E-state index is 0.0313. The molecule has 140 valence electrons. The molecule has 0 aromatic rings. The van der Waals surface area contributed by atoms with Crippen LogP contribution in [0.25, 0.3) is 0 Å². The second-order valence-corrected chi connectivity index (χ2v) is 12.0. The number of carbonyl (C=O) groups excluding carboxylic acids is 4. The van der Waals surface area contributed by atoms with Crippen LogP contribution < -0.4 is 0 Å². The summed E-state index contributed by atoms with van der Waals surface area (Å²) in [7, 11) is 3.84. The fraction of sp³-hybridized carbons (Fsp3) is 0.733. The van der Waals surface area contributed by atoms with Gasteiger partial charge in [-0.3, -0.25) is 19.4 Å². The minimum Gasteiger partial charge on any atom is -0.404 e. The molecule has 0 aliphatic carbocycles. The summed E-state index contributed by atoms with van der Waals surface area (Å²) in [6.07, 6.45) is -0.875. The molecule has 2 aliphatic heterocycles. The quantitative estimate of drug-likeness (QED) is 0.670. The van der Waals surface area contributed by atoms with Crippen molar-refractivity contribution in [2.24, 2.45) is 0 Å². The van der Waals surface area contributed by atoms with Crippen molar-refractivity contribution in [2.45, 2.75) is 44.2 Å². The number of imide groups is 2. The molecule has 0 N–H and O–H groups in total. The summed E-state index contributed by atoms with van der Waals surface area (Å²) in [6.45, 7) is 5.84. The lowest BCUT2D eigenvalue weighted by Gasteiger charge is -2.50. The molecule has 3 atom stereocenters. The van der Waals surface area contributed by atoms with Crippen LogP contribution in [0.2, 0.25) is 19.6 Å². The standard InChI is InChI=1S/C15H26N4O5Si/c1-16-9(8-10(20)17(2)14(16)22)11-12(24-25(5,6)7)13(21)19(4)15(23)18(11)3/h9,11-12H,8H2,1-7H3. The molecular formula is C15H26N4O5Si. The van der Waals surface area contributed by atoms with Gasteiger partial charge in [-0.15, -0.1) is 0 Å². The molecule has 0 aromatic heterocycles. The van der Waals surface area contributed by atoms with Crippen LogP contribution >= 0.6 is 0 Å². The first-order chi connectivity index (χ1) is 11.4. The normalized spacial score (nSPS) is 29.0. The average molecular weight is 370 g/mol. The zero-order chi connectivity index (χ0) is 19.3. The van der Waals surface area contributed by atoms with E-state index in [1.807, 2.05) is 19.6 Å². The SMILES string of the molecule is CN1C(=O)CC(C2C(O[Si](C)(C)C)C(=O)N(C)C(=O)N2C)N(C)C1=O. The Morgan fingerprint density at radius 1 is 0.880 bits per heavy atom. The highest BCUT2D eigenvalue weighted by Gasteiger charge is 2.52. The van der Waals surface area contributed by atoms with E-state index >= 15 is 0 Å². The smallest absolute Gasteiger partial charge is 0.326 e. The van der Waals surface area contributed by atoms with E-state index in [0.29, 0.717) is 0 Å². The van der Waals surface area contributed by atoms with Gasteiger partial charge in [0.2, 0.25) is 5.91 Å². The zero-order valence-electron chi connectivity index (χ0n) is 15.8. The lowest BCUT2D eigenvalue weighted by Crippen LogP contribution is -2.71. The van der Waals surface area contributed by atoms with Crippen molar-refractivity contribution in [3.63, 3.8) is 0 Å². The number of carbonyl (C=O) groups is 4. The van der Waals surface area contributed by atoms with Crippen LogP contribution in [0.15, 0.2) is 0 Å². The highest BCUT2D eigenvalue weighted by molar-refractivity contribution is 6.69. The maximum atomic E-state index is 12.7. The Labute approximate surface area is 148 Å². The van der Waals surface area contributed by atoms with Gasteiger partial charge < -0.3 is 14.2 Å². The van der Waals surface area contributed by atoms with E-state index in [1.165, 1.54) is 23.9 Å². The largest absolute Gasteiger partial charge is 0.404 e. The van der Waals surface area contributed by atoms with Crippen LogP contribution in [0, 0.1) is 0 Å². The highest BCUT2D eigenvalue weighted by atomic mass is 28.4. The maximum absolute atomic E-state index is 12.7. The van der Waals surface area contributed by atoms with Gasteiger partial charge in [-0.2, -0.15) is 0 Å². The van der Waals surface area contributed by atoms with Crippen molar-refractivity contribution in [1.82, 2.24) is 19.6 Å². The van der Waals surface area contributed by atoms with E-state index in [2.05, 4.69) is 0 Å². The van der Waals surface area contributed by atoms with Gasteiger partial charge in [0, 0.05) is 34.6 Å². The fourth-order valence-corrected chi connectivity index (χ4v) is 4.25. The molecule has 0 saturated carbocycles. The number of amides is 6. The Bertz CT molecular complexity index is 620. The van der Waals surface area contributed by atoms with Gasteiger partial charge in [-0.05, 0) is 19.6 Å². The predicted molar refractivity (Wildman–Crippen MR) is 92.3 cm³/mol. The van der Waals surface area contributed by atoms with Crippen LogP contribution in [0.3, 0.4) is 0 Å². The maximum Gasteiger partial charge on any atom is 0.326 e. The van der Waals surface area contributed by atoms with Gasteiger partial charge in [-0.1, -0.05) is 0 Å². The molecule has 2 saturated heterocycles. The summed E-state index contributed by atoms with van der Waals surface area (Å²) in [5.41, 5.74) is 0. The lowest BCUT2D eigenvalue weighted by atomic mass is 9.92. The first-order valence-corrected chi connectivity index (χ1v) is 11.5. The van der Waals surface area contributed by atoms with Crippen LogP contribution in [-0.2, 0) is 14.0 Å². The van der Waals surface area contributed by atoms with Crippen molar-refractivity contribution >= 4 is 32.2 Å². The van der Waals surface area contributed by atoms with Gasteiger partial charge in [0.05, 0.1) is 12.1 Å². The summed E-state index contributed by atoms with van der Waals surface area (Å²) < 4.78 is 6.08.